The second-order valence-corrected chi connectivity index (χ2v) is 7.85. The first kappa shape index (κ1) is 25.7. The lowest BCUT2D eigenvalue weighted by atomic mass is 10.1. The molecule has 0 saturated heterocycles. The molecule has 2 aromatic rings. The van der Waals surface area contributed by atoms with Crippen LogP contribution in [0.2, 0.25) is 0 Å². The van der Waals surface area contributed by atoms with E-state index in [1.165, 1.54) is 0 Å². The van der Waals surface area contributed by atoms with Crippen LogP contribution >= 0.6 is 0 Å². The third-order valence-electron chi connectivity index (χ3n) is 5.41. The van der Waals surface area contributed by atoms with E-state index < -0.39 is 29.1 Å². The third kappa shape index (κ3) is 6.34. The number of ether oxygens (including phenoxy) is 2. The van der Waals surface area contributed by atoms with Gasteiger partial charge in [-0.2, -0.15) is 18.3 Å². The van der Waals surface area contributed by atoms with Gasteiger partial charge in [-0.05, 0) is 43.9 Å². The van der Waals surface area contributed by atoms with Gasteiger partial charge in [0, 0.05) is 32.7 Å². The van der Waals surface area contributed by atoms with Crippen molar-refractivity contribution in [3.8, 4) is 0 Å². The van der Waals surface area contributed by atoms with Crippen LogP contribution in [0, 0.1) is 5.82 Å². The number of amides is 1. The number of benzene rings is 1. The molecule has 186 valence electrons. The molecule has 0 aliphatic carbocycles. The number of hydrogen-bond donors (Lipinski definition) is 1. The summed E-state index contributed by atoms with van der Waals surface area (Å²) in [5.74, 6) is -2.52. The first-order valence-corrected chi connectivity index (χ1v) is 11.2. The number of carbonyl (C=O) groups is 2. The van der Waals surface area contributed by atoms with E-state index in [-0.39, 0.29) is 18.6 Å². The Bertz CT molecular complexity index is 1020. The van der Waals surface area contributed by atoms with Crippen LogP contribution in [-0.2, 0) is 35.0 Å². The molecule has 0 bridgehead atoms. The number of rotatable bonds is 6. The number of aromatic nitrogens is 2. The van der Waals surface area contributed by atoms with Crippen molar-refractivity contribution in [2.75, 3.05) is 26.4 Å². The highest BCUT2D eigenvalue weighted by Gasteiger charge is 2.32. The summed E-state index contributed by atoms with van der Waals surface area (Å²) in [6.45, 7) is 3.81. The van der Waals surface area contributed by atoms with Crippen molar-refractivity contribution >= 4 is 11.9 Å². The Morgan fingerprint density at radius 3 is 2.74 bits per heavy atom. The van der Waals surface area contributed by atoms with Crippen molar-refractivity contribution in [1.29, 1.82) is 0 Å². The van der Waals surface area contributed by atoms with Gasteiger partial charge in [-0.3, -0.25) is 9.48 Å². The summed E-state index contributed by atoms with van der Waals surface area (Å²) in [5, 5.41) is 7.45. The molecule has 2 heterocycles. The van der Waals surface area contributed by atoms with Crippen LogP contribution in [0.25, 0.3) is 0 Å². The fourth-order valence-corrected chi connectivity index (χ4v) is 3.72. The number of esters is 1. The van der Waals surface area contributed by atoms with E-state index in [0.717, 1.165) is 24.6 Å². The maximum atomic E-state index is 14.0. The van der Waals surface area contributed by atoms with E-state index in [0.29, 0.717) is 62.9 Å². The van der Waals surface area contributed by atoms with Gasteiger partial charge in [-0.15, -0.1) is 0 Å². The molecule has 34 heavy (non-hydrogen) atoms. The molecular formula is C23H27F4N3O4. The van der Waals surface area contributed by atoms with E-state index >= 15 is 0 Å². The van der Waals surface area contributed by atoms with Crippen LogP contribution in [0.3, 0.4) is 0 Å². The Hall–Kier alpha value is -2.95. The number of halogens is 4. The fourth-order valence-electron chi connectivity index (χ4n) is 3.72. The molecule has 1 aromatic carbocycles. The summed E-state index contributed by atoms with van der Waals surface area (Å²) in [6, 6.07) is 1.67. The zero-order chi connectivity index (χ0) is 24.7. The van der Waals surface area contributed by atoms with Crippen molar-refractivity contribution in [2.45, 2.75) is 51.7 Å². The second-order valence-electron chi connectivity index (χ2n) is 7.85. The average molecular weight is 485 g/mol. The summed E-state index contributed by atoms with van der Waals surface area (Å²) in [4.78, 5) is 24.9. The molecule has 0 atom stereocenters. The summed E-state index contributed by atoms with van der Waals surface area (Å²) in [6.07, 6.45) is -1.78. The lowest BCUT2D eigenvalue weighted by Gasteiger charge is -2.11. The van der Waals surface area contributed by atoms with Crippen LogP contribution < -0.4 is 5.32 Å². The van der Waals surface area contributed by atoms with Crippen LogP contribution in [0.1, 0.15) is 63.9 Å². The first-order chi connectivity index (χ1) is 16.2. The fraction of sp³-hybridized carbons (Fsp3) is 0.522. The van der Waals surface area contributed by atoms with Gasteiger partial charge in [0.05, 0.1) is 34.7 Å². The lowest BCUT2D eigenvalue weighted by molar-refractivity contribution is -0.137. The van der Waals surface area contributed by atoms with Crippen LogP contribution in [0.5, 0.6) is 0 Å². The number of aryl methyl sites for hydroxylation is 2. The molecule has 11 heteroatoms. The zero-order valence-electron chi connectivity index (χ0n) is 18.8. The van der Waals surface area contributed by atoms with E-state index in [2.05, 4.69) is 10.4 Å². The number of nitrogens with zero attached hydrogens (tertiary/aromatic N) is 2. The monoisotopic (exact) mass is 485 g/mol. The van der Waals surface area contributed by atoms with Gasteiger partial charge in [0.25, 0.3) is 5.91 Å². The molecule has 0 saturated carbocycles. The Morgan fingerprint density at radius 1 is 1.26 bits per heavy atom. The van der Waals surface area contributed by atoms with Gasteiger partial charge in [-0.25, -0.2) is 9.18 Å². The Kier molecular flexibility index (Phi) is 8.65. The minimum atomic E-state index is -4.71. The minimum absolute atomic E-state index is 0.0926. The van der Waals surface area contributed by atoms with Crippen molar-refractivity contribution in [3.63, 3.8) is 0 Å². The highest BCUT2D eigenvalue weighted by atomic mass is 19.4. The number of fused-ring (bicyclic) bond motifs is 1. The standard InChI is InChI=1S/C23H27F4N3O4/c1-2-18-20-19(6-3-11-33-12-4-9-28-21(20)31)30(29-18)10-5-13-34-22(32)16-8-7-15(14-17(16)24)23(25,26)27/h7-8,14H,2-6,9-13H2,1H3,(H,28,31). The average Bonchev–Trinajstić information content (AvgIpc) is 3.12. The topological polar surface area (TPSA) is 82.5 Å². The molecule has 0 fully saturated rings. The molecule has 0 unspecified atom stereocenters. The maximum Gasteiger partial charge on any atom is 0.416 e. The van der Waals surface area contributed by atoms with E-state index in [9.17, 15) is 27.2 Å². The Balaban J connectivity index is 1.64. The maximum absolute atomic E-state index is 14.0. The Labute approximate surface area is 194 Å². The highest BCUT2D eigenvalue weighted by Crippen LogP contribution is 2.30. The summed E-state index contributed by atoms with van der Waals surface area (Å²) < 4.78 is 64.3. The molecule has 7 nitrogen and oxygen atoms in total. The molecule has 1 aromatic heterocycles. The predicted octanol–water partition coefficient (Wildman–Crippen LogP) is 3.93. The zero-order valence-corrected chi connectivity index (χ0v) is 18.8. The second kappa shape index (κ2) is 11.5. The molecule has 3 rings (SSSR count). The number of alkyl halides is 3. The van der Waals surface area contributed by atoms with E-state index in [1.54, 1.807) is 4.68 Å². The third-order valence-corrected chi connectivity index (χ3v) is 5.41. The lowest BCUT2D eigenvalue weighted by Crippen LogP contribution is -2.26. The quantitative estimate of drug-likeness (QED) is 0.381. The summed E-state index contributed by atoms with van der Waals surface area (Å²) in [5.41, 5.74) is 0.273. The van der Waals surface area contributed by atoms with Gasteiger partial charge in [0.1, 0.15) is 5.82 Å². The van der Waals surface area contributed by atoms with E-state index in [1.807, 2.05) is 6.92 Å². The normalized spacial score (nSPS) is 15.3. The number of nitrogens with one attached hydrogen (secondary N) is 1. The number of carbonyl (C=O) groups excluding carboxylic acids is 2. The smallest absolute Gasteiger partial charge is 0.416 e. The van der Waals surface area contributed by atoms with Gasteiger partial charge < -0.3 is 14.8 Å². The summed E-state index contributed by atoms with van der Waals surface area (Å²) in [7, 11) is 0. The molecule has 1 N–H and O–H groups in total. The molecular weight excluding hydrogens is 458 g/mol. The molecule has 0 radical (unpaired) electrons. The van der Waals surface area contributed by atoms with E-state index in [4.69, 9.17) is 9.47 Å². The van der Waals surface area contributed by atoms with Gasteiger partial charge in [0.15, 0.2) is 0 Å². The molecule has 1 aliphatic heterocycles. The Morgan fingerprint density at radius 2 is 2.03 bits per heavy atom. The van der Waals surface area contributed by atoms with Crippen LogP contribution in [0.15, 0.2) is 18.2 Å². The molecule has 1 amide bonds. The van der Waals surface area contributed by atoms with Crippen molar-refractivity contribution in [2.24, 2.45) is 0 Å². The van der Waals surface area contributed by atoms with Crippen molar-refractivity contribution < 1.29 is 36.6 Å². The van der Waals surface area contributed by atoms with Crippen molar-refractivity contribution in [1.82, 2.24) is 15.1 Å². The minimum Gasteiger partial charge on any atom is -0.462 e. The first-order valence-electron chi connectivity index (χ1n) is 11.2. The van der Waals surface area contributed by atoms with Crippen molar-refractivity contribution in [3.05, 3.63) is 52.1 Å². The van der Waals surface area contributed by atoms with Crippen LogP contribution in [0.4, 0.5) is 17.6 Å². The predicted molar refractivity (Wildman–Crippen MR) is 114 cm³/mol. The largest absolute Gasteiger partial charge is 0.462 e. The highest BCUT2D eigenvalue weighted by molar-refractivity contribution is 5.96. The number of hydrogen-bond acceptors (Lipinski definition) is 5. The van der Waals surface area contributed by atoms with Gasteiger partial charge >= 0.3 is 12.1 Å². The SMILES string of the molecule is CCc1nn(CCCOC(=O)c2ccc(C(F)(F)F)cc2F)c2c1C(=O)NCCCOCCC2. The van der Waals surface area contributed by atoms with Crippen LogP contribution in [-0.4, -0.2) is 48.0 Å². The summed E-state index contributed by atoms with van der Waals surface area (Å²) >= 11 is 0. The molecule has 0 spiro atoms. The van der Waals surface area contributed by atoms with Gasteiger partial charge in [-0.1, -0.05) is 6.92 Å². The molecule has 1 aliphatic rings. The van der Waals surface area contributed by atoms with Gasteiger partial charge in [0.2, 0.25) is 0 Å².